The van der Waals surface area contributed by atoms with Crippen molar-refractivity contribution in [2.45, 2.75) is 12.1 Å². The molecule has 5 rings (SSSR count). The van der Waals surface area contributed by atoms with Crippen LogP contribution in [0.2, 0.25) is 0 Å². The van der Waals surface area contributed by atoms with Gasteiger partial charge in [0.1, 0.15) is 0 Å². The molecule has 6 heteroatoms. The number of pyridine rings is 1. The first-order valence-corrected chi connectivity index (χ1v) is 11.2. The highest BCUT2D eigenvalue weighted by atomic mass is 79.9. The molecule has 5 nitrogen and oxygen atoms in total. The molecule has 1 aliphatic carbocycles. The van der Waals surface area contributed by atoms with Crippen molar-refractivity contribution in [2.75, 3.05) is 26.2 Å². The van der Waals surface area contributed by atoms with Crippen LogP contribution in [0.1, 0.15) is 31.8 Å². The average Bonchev–Trinajstić information content (AvgIpc) is 3.03. The third kappa shape index (κ3) is 3.35. The van der Waals surface area contributed by atoms with Gasteiger partial charge in [-0.25, -0.2) is 0 Å². The fourth-order valence-electron chi connectivity index (χ4n) is 4.80. The number of hydrogen-bond donors (Lipinski definition) is 0. The van der Waals surface area contributed by atoms with Crippen molar-refractivity contribution in [2.24, 2.45) is 0 Å². The predicted molar refractivity (Wildman–Crippen MR) is 122 cm³/mol. The van der Waals surface area contributed by atoms with Crippen molar-refractivity contribution >= 4 is 27.5 Å². The Hall–Kier alpha value is -2.67. The maximum absolute atomic E-state index is 13.8. The predicted octanol–water partition coefficient (Wildman–Crippen LogP) is 3.94. The highest BCUT2D eigenvalue weighted by Gasteiger charge is 2.58. The minimum absolute atomic E-state index is 0.149. The molecule has 1 saturated heterocycles. The number of aromatic nitrogens is 1. The Morgan fingerprint density at radius 2 is 1.45 bits per heavy atom. The van der Waals surface area contributed by atoms with Crippen molar-refractivity contribution < 1.29 is 9.59 Å². The van der Waals surface area contributed by atoms with Gasteiger partial charge >= 0.3 is 0 Å². The summed E-state index contributed by atoms with van der Waals surface area (Å²) in [6, 6.07) is 19.4. The van der Waals surface area contributed by atoms with E-state index in [2.05, 4.69) is 42.8 Å². The Labute approximate surface area is 189 Å². The zero-order valence-corrected chi connectivity index (χ0v) is 18.6. The molecule has 1 aliphatic heterocycles. The number of piperazine rings is 1. The molecule has 0 N–H and O–H groups in total. The summed E-state index contributed by atoms with van der Waals surface area (Å²) in [5.74, 6) is -0.297. The normalized spacial score (nSPS) is 18.9. The standard InChI is InChI=1S/C25H22BrN3O2/c26-20-14-19(15-27-16-20)25(23(30)21-8-4-5-9-22(21)24(25)31)29-12-10-28(11-13-29)17-18-6-2-1-3-7-18/h1-9,14-16H,10-13,17H2. The van der Waals surface area contributed by atoms with Gasteiger partial charge in [0.15, 0.2) is 17.1 Å². The van der Waals surface area contributed by atoms with Crippen molar-refractivity contribution in [3.05, 3.63) is 99.8 Å². The van der Waals surface area contributed by atoms with Gasteiger partial charge < -0.3 is 0 Å². The van der Waals surface area contributed by atoms with Gasteiger partial charge in [-0.2, -0.15) is 0 Å². The molecule has 2 aliphatic rings. The van der Waals surface area contributed by atoms with E-state index in [4.69, 9.17) is 0 Å². The topological polar surface area (TPSA) is 53.5 Å². The van der Waals surface area contributed by atoms with Crippen molar-refractivity contribution in [3.8, 4) is 0 Å². The van der Waals surface area contributed by atoms with Crippen LogP contribution in [0.4, 0.5) is 0 Å². The van der Waals surface area contributed by atoms with Crippen LogP contribution < -0.4 is 0 Å². The van der Waals surface area contributed by atoms with E-state index in [9.17, 15) is 9.59 Å². The lowest BCUT2D eigenvalue weighted by Crippen LogP contribution is -2.60. The second kappa shape index (κ2) is 8.11. The van der Waals surface area contributed by atoms with Gasteiger partial charge in [0.05, 0.1) is 0 Å². The van der Waals surface area contributed by atoms with Crippen LogP contribution in [0, 0.1) is 0 Å². The SMILES string of the molecule is O=C1c2ccccc2C(=O)C1(c1cncc(Br)c1)N1CCN(Cc2ccccc2)CC1. The number of carbonyl (C=O) groups is 2. The molecule has 3 aromatic rings. The number of rotatable bonds is 4. The van der Waals surface area contributed by atoms with Gasteiger partial charge in [0, 0.05) is 66.3 Å². The lowest BCUT2D eigenvalue weighted by Gasteiger charge is -2.44. The molecule has 1 aromatic heterocycles. The summed E-state index contributed by atoms with van der Waals surface area (Å²) in [6.07, 6.45) is 3.33. The summed E-state index contributed by atoms with van der Waals surface area (Å²) >= 11 is 3.47. The number of hydrogen-bond acceptors (Lipinski definition) is 5. The highest BCUT2D eigenvalue weighted by molar-refractivity contribution is 9.10. The molecule has 0 amide bonds. The Morgan fingerprint density at radius 1 is 0.839 bits per heavy atom. The number of nitrogens with zero attached hydrogens (tertiary/aromatic N) is 3. The maximum atomic E-state index is 13.8. The Balaban J connectivity index is 1.49. The van der Waals surface area contributed by atoms with E-state index in [0.717, 1.165) is 24.1 Å². The van der Waals surface area contributed by atoms with Crippen LogP contribution in [0.5, 0.6) is 0 Å². The maximum Gasteiger partial charge on any atom is 0.196 e. The second-order valence-electron chi connectivity index (χ2n) is 8.05. The second-order valence-corrected chi connectivity index (χ2v) is 8.97. The fourth-order valence-corrected chi connectivity index (χ4v) is 5.16. The monoisotopic (exact) mass is 475 g/mol. The summed E-state index contributed by atoms with van der Waals surface area (Å²) in [4.78, 5) is 36.3. The average molecular weight is 476 g/mol. The molecule has 156 valence electrons. The summed E-state index contributed by atoms with van der Waals surface area (Å²) in [7, 11) is 0. The number of carbonyl (C=O) groups excluding carboxylic acids is 2. The van der Waals surface area contributed by atoms with Gasteiger partial charge in [-0.3, -0.25) is 24.4 Å². The van der Waals surface area contributed by atoms with Gasteiger partial charge in [0.25, 0.3) is 0 Å². The van der Waals surface area contributed by atoms with E-state index in [1.165, 1.54) is 5.56 Å². The van der Waals surface area contributed by atoms with Crippen LogP contribution in [0.15, 0.2) is 77.5 Å². The lowest BCUT2D eigenvalue weighted by molar-refractivity contribution is 0.0278. The minimum Gasteiger partial charge on any atom is -0.297 e. The molecule has 0 radical (unpaired) electrons. The summed E-state index contributed by atoms with van der Waals surface area (Å²) < 4.78 is 0.753. The zero-order valence-electron chi connectivity index (χ0n) is 17.0. The van der Waals surface area contributed by atoms with E-state index >= 15 is 0 Å². The number of Topliss-reactive ketones (excluding diaryl/α,β-unsaturated/α-hetero) is 2. The molecule has 0 saturated carbocycles. The number of fused-ring (bicyclic) bond motifs is 1. The van der Waals surface area contributed by atoms with E-state index in [0.29, 0.717) is 29.8 Å². The quantitative estimate of drug-likeness (QED) is 0.535. The first kappa shape index (κ1) is 20.2. The summed E-state index contributed by atoms with van der Waals surface area (Å²) in [5, 5.41) is 0. The van der Waals surface area contributed by atoms with Gasteiger partial charge in [-0.1, -0.05) is 54.6 Å². The van der Waals surface area contributed by atoms with Crippen molar-refractivity contribution in [1.82, 2.24) is 14.8 Å². The summed E-state index contributed by atoms with van der Waals surface area (Å²) in [5.41, 5.74) is 1.55. The van der Waals surface area contributed by atoms with E-state index in [-0.39, 0.29) is 11.6 Å². The minimum atomic E-state index is -1.35. The van der Waals surface area contributed by atoms with Crippen LogP contribution in [0.25, 0.3) is 0 Å². The van der Waals surface area contributed by atoms with E-state index in [1.54, 1.807) is 24.5 Å². The molecular weight excluding hydrogens is 454 g/mol. The molecule has 2 aromatic carbocycles. The number of ketones is 2. The number of halogens is 1. The van der Waals surface area contributed by atoms with Crippen LogP contribution >= 0.6 is 15.9 Å². The molecule has 2 heterocycles. The fraction of sp³-hybridized carbons (Fsp3) is 0.240. The van der Waals surface area contributed by atoms with Gasteiger partial charge in [0.2, 0.25) is 0 Å². The molecule has 0 unspecified atom stereocenters. The molecule has 31 heavy (non-hydrogen) atoms. The molecule has 1 fully saturated rings. The van der Waals surface area contributed by atoms with Crippen molar-refractivity contribution in [1.29, 1.82) is 0 Å². The molecule has 0 bridgehead atoms. The molecular formula is C25H22BrN3O2. The van der Waals surface area contributed by atoms with E-state index in [1.807, 2.05) is 36.4 Å². The zero-order chi connectivity index (χ0) is 21.4. The highest BCUT2D eigenvalue weighted by Crippen LogP contribution is 2.43. The van der Waals surface area contributed by atoms with Gasteiger partial charge in [-0.15, -0.1) is 0 Å². The van der Waals surface area contributed by atoms with Gasteiger partial charge in [-0.05, 0) is 27.6 Å². The van der Waals surface area contributed by atoms with Crippen LogP contribution in [0.3, 0.4) is 0 Å². The first-order chi connectivity index (χ1) is 15.1. The number of benzene rings is 2. The first-order valence-electron chi connectivity index (χ1n) is 10.4. The Bertz CT molecular complexity index is 1110. The van der Waals surface area contributed by atoms with Crippen molar-refractivity contribution in [3.63, 3.8) is 0 Å². The third-order valence-electron chi connectivity index (χ3n) is 6.29. The third-order valence-corrected chi connectivity index (χ3v) is 6.73. The lowest BCUT2D eigenvalue weighted by atomic mass is 9.83. The smallest absolute Gasteiger partial charge is 0.196 e. The van der Waals surface area contributed by atoms with Crippen LogP contribution in [-0.2, 0) is 12.1 Å². The summed E-state index contributed by atoms with van der Waals surface area (Å²) in [6.45, 7) is 3.70. The molecule has 0 spiro atoms. The largest absolute Gasteiger partial charge is 0.297 e. The Kier molecular flexibility index (Phi) is 5.30. The molecule has 0 atom stereocenters. The van der Waals surface area contributed by atoms with E-state index < -0.39 is 5.54 Å². The Morgan fingerprint density at radius 3 is 2.06 bits per heavy atom. The van der Waals surface area contributed by atoms with Crippen LogP contribution in [-0.4, -0.2) is 52.5 Å².